The predicted molar refractivity (Wildman–Crippen MR) is 111 cm³/mol. The SMILES string of the molecule is COCCCNC(=O)c1nnn(-c2ccc(F)cc2)c1CSc1nc(C)cc(C)n1. The maximum Gasteiger partial charge on any atom is 0.273 e. The average Bonchev–Trinajstić information content (AvgIpc) is 3.13. The molecule has 0 saturated heterocycles. The molecule has 0 fully saturated rings. The molecule has 1 aromatic carbocycles. The van der Waals surface area contributed by atoms with Crippen molar-refractivity contribution >= 4 is 17.7 Å². The summed E-state index contributed by atoms with van der Waals surface area (Å²) in [5.41, 5.74) is 3.14. The Balaban J connectivity index is 1.87. The van der Waals surface area contributed by atoms with Crippen molar-refractivity contribution in [2.45, 2.75) is 31.2 Å². The molecule has 1 N–H and O–H groups in total. The Labute approximate surface area is 178 Å². The van der Waals surface area contributed by atoms with E-state index >= 15 is 0 Å². The quantitative estimate of drug-likeness (QED) is 0.317. The van der Waals surface area contributed by atoms with Gasteiger partial charge in [0.25, 0.3) is 5.91 Å². The Morgan fingerprint density at radius 3 is 2.57 bits per heavy atom. The van der Waals surface area contributed by atoms with Gasteiger partial charge in [0.05, 0.1) is 11.4 Å². The van der Waals surface area contributed by atoms with E-state index in [4.69, 9.17) is 4.74 Å². The topological polar surface area (TPSA) is 94.8 Å². The molecule has 8 nitrogen and oxygen atoms in total. The molecule has 0 atom stereocenters. The fraction of sp³-hybridized carbons (Fsp3) is 0.350. The second-order valence-electron chi connectivity index (χ2n) is 6.60. The highest BCUT2D eigenvalue weighted by Gasteiger charge is 2.21. The summed E-state index contributed by atoms with van der Waals surface area (Å²) >= 11 is 1.38. The van der Waals surface area contributed by atoms with Crippen molar-refractivity contribution in [1.29, 1.82) is 0 Å². The van der Waals surface area contributed by atoms with Gasteiger partial charge in [0.15, 0.2) is 10.9 Å². The van der Waals surface area contributed by atoms with Gasteiger partial charge in [-0.05, 0) is 50.6 Å². The molecule has 0 bridgehead atoms. The van der Waals surface area contributed by atoms with Crippen LogP contribution in [-0.2, 0) is 10.5 Å². The van der Waals surface area contributed by atoms with Crippen LogP contribution in [0.5, 0.6) is 0 Å². The number of methoxy groups -OCH3 is 1. The fourth-order valence-corrected chi connectivity index (χ4v) is 3.73. The van der Waals surface area contributed by atoms with Crippen LogP contribution in [0, 0.1) is 19.7 Å². The van der Waals surface area contributed by atoms with Gasteiger partial charge in [-0.3, -0.25) is 4.79 Å². The van der Waals surface area contributed by atoms with Crippen molar-refractivity contribution in [3.63, 3.8) is 0 Å². The predicted octanol–water partition coefficient (Wildman–Crippen LogP) is 2.87. The number of carbonyl (C=O) groups is 1. The molecule has 30 heavy (non-hydrogen) atoms. The lowest BCUT2D eigenvalue weighted by atomic mass is 10.2. The first-order valence-electron chi connectivity index (χ1n) is 9.40. The van der Waals surface area contributed by atoms with Crippen LogP contribution in [0.3, 0.4) is 0 Å². The summed E-state index contributed by atoms with van der Waals surface area (Å²) in [6.07, 6.45) is 0.689. The number of nitrogens with zero attached hydrogens (tertiary/aromatic N) is 5. The standard InChI is InChI=1S/C20H23FN6O2S/c1-13-11-14(2)24-20(23-13)30-12-17-18(19(28)22-9-4-10-29-3)25-26-27(17)16-7-5-15(21)6-8-16/h5-8,11H,4,9-10,12H2,1-3H3,(H,22,28). The number of amides is 1. The molecular weight excluding hydrogens is 407 g/mol. The number of thioether (sulfide) groups is 1. The van der Waals surface area contributed by atoms with Gasteiger partial charge in [0.1, 0.15) is 5.82 Å². The van der Waals surface area contributed by atoms with E-state index in [-0.39, 0.29) is 17.4 Å². The van der Waals surface area contributed by atoms with E-state index in [1.54, 1.807) is 23.9 Å². The van der Waals surface area contributed by atoms with Gasteiger partial charge in [-0.25, -0.2) is 19.0 Å². The van der Waals surface area contributed by atoms with Crippen molar-refractivity contribution in [3.05, 3.63) is 58.9 Å². The van der Waals surface area contributed by atoms with Crippen LogP contribution >= 0.6 is 11.8 Å². The third kappa shape index (κ3) is 5.61. The highest BCUT2D eigenvalue weighted by atomic mass is 32.2. The van der Waals surface area contributed by atoms with E-state index in [1.807, 2.05) is 19.9 Å². The number of nitrogens with one attached hydrogen (secondary N) is 1. The van der Waals surface area contributed by atoms with E-state index in [0.717, 1.165) is 11.4 Å². The summed E-state index contributed by atoms with van der Waals surface area (Å²) in [4.78, 5) is 21.5. The summed E-state index contributed by atoms with van der Waals surface area (Å²) in [5, 5.41) is 11.6. The van der Waals surface area contributed by atoms with E-state index in [2.05, 4.69) is 25.6 Å². The number of ether oxygens (including phenoxy) is 1. The first-order chi connectivity index (χ1) is 14.5. The highest BCUT2D eigenvalue weighted by molar-refractivity contribution is 7.98. The molecule has 10 heteroatoms. The molecule has 0 aliphatic carbocycles. The zero-order valence-corrected chi connectivity index (χ0v) is 17.9. The molecular formula is C20H23FN6O2S. The molecule has 0 aliphatic rings. The summed E-state index contributed by atoms with van der Waals surface area (Å²) in [6.45, 7) is 4.82. The lowest BCUT2D eigenvalue weighted by Gasteiger charge is -2.09. The largest absolute Gasteiger partial charge is 0.385 e. The highest BCUT2D eigenvalue weighted by Crippen LogP contribution is 2.23. The first-order valence-corrected chi connectivity index (χ1v) is 10.4. The van der Waals surface area contributed by atoms with Gasteiger partial charge in [-0.1, -0.05) is 17.0 Å². The Kier molecular flexibility index (Phi) is 7.47. The van der Waals surface area contributed by atoms with Gasteiger partial charge in [0, 0.05) is 37.4 Å². The third-order valence-corrected chi connectivity index (χ3v) is 5.02. The maximum absolute atomic E-state index is 13.3. The second-order valence-corrected chi connectivity index (χ2v) is 7.54. The third-order valence-electron chi connectivity index (χ3n) is 4.16. The summed E-state index contributed by atoms with van der Waals surface area (Å²) in [5.74, 6) is -0.306. The number of hydrogen-bond donors (Lipinski definition) is 1. The average molecular weight is 431 g/mol. The first kappa shape index (κ1) is 21.8. The van der Waals surface area contributed by atoms with Crippen LogP contribution in [0.25, 0.3) is 5.69 Å². The fourth-order valence-electron chi connectivity index (χ4n) is 2.79. The molecule has 0 unspecified atom stereocenters. The smallest absolute Gasteiger partial charge is 0.273 e. The van der Waals surface area contributed by atoms with Crippen LogP contribution < -0.4 is 5.32 Å². The minimum atomic E-state index is -0.352. The van der Waals surface area contributed by atoms with Crippen LogP contribution in [0.1, 0.15) is 34.0 Å². The molecule has 3 rings (SSSR count). The van der Waals surface area contributed by atoms with Crippen molar-refractivity contribution in [2.24, 2.45) is 0 Å². The van der Waals surface area contributed by atoms with Crippen molar-refractivity contribution in [3.8, 4) is 5.69 Å². The van der Waals surface area contributed by atoms with E-state index in [1.165, 1.54) is 23.9 Å². The second kappa shape index (κ2) is 10.3. The lowest BCUT2D eigenvalue weighted by Crippen LogP contribution is -2.26. The van der Waals surface area contributed by atoms with E-state index < -0.39 is 0 Å². The molecule has 0 radical (unpaired) electrons. The van der Waals surface area contributed by atoms with Crippen LogP contribution in [0.2, 0.25) is 0 Å². The van der Waals surface area contributed by atoms with Crippen LogP contribution in [-0.4, -0.2) is 51.1 Å². The Morgan fingerprint density at radius 2 is 1.90 bits per heavy atom. The lowest BCUT2D eigenvalue weighted by molar-refractivity contribution is 0.0943. The summed E-state index contributed by atoms with van der Waals surface area (Å²) in [7, 11) is 1.61. The Hall–Kier alpha value is -2.85. The molecule has 1 amide bonds. The molecule has 2 heterocycles. The maximum atomic E-state index is 13.3. The van der Waals surface area contributed by atoms with Crippen LogP contribution in [0.4, 0.5) is 4.39 Å². The van der Waals surface area contributed by atoms with Crippen LogP contribution in [0.15, 0.2) is 35.5 Å². The zero-order valence-electron chi connectivity index (χ0n) is 17.1. The zero-order chi connectivity index (χ0) is 21.5. The number of benzene rings is 1. The van der Waals surface area contributed by atoms with Gasteiger partial charge in [-0.15, -0.1) is 5.10 Å². The minimum absolute atomic E-state index is 0.216. The number of rotatable bonds is 9. The monoisotopic (exact) mass is 430 g/mol. The van der Waals surface area contributed by atoms with Gasteiger partial charge in [0.2, 0.25) is 0 Å². The summed E-state index contributed by atoms with van der Waals surface area (Å²) in [6, 6.07) is 7.75. The normalized spacial score (nSPS) is 10.9. The summed E-state index contributed by atoms with van der Waals surface area (Å²) < 4.78 is 19.9. The Morgan fingerprint density at radius 1 is 1.20 bits per heavy atom. The number of aromatic nitrogens is 5. The minimum Gasteiger partial charge on any atom is -0.385 e. The number of aryl methyl sites for hydroxylation is 2. The van der Waals surface area contributed by atoms with Gasteiger partial charge in [-0.2, -0.15) is 0 Å². The number of halogens is 1. The molecule has 0 spiro atoms. The molecule has 3 aromatic rings. The van der Waals surface area contributed by atoms with Crippen molar-refractivity contribution in [2.75, 3.05) is 20.3 Å². The van der Waals surface area contributed by atoms with E-state index in [0.29, 0.717) is 41.9 Å². The Bertz CT molecular complexity index is 989. The molecule has 2 aromatic heterocycles. The molecule has 0 saturated carbocycles. The molecule has 0 aliphatic heterocycles. The van der Waals surface area contributed by atoms with Gasteiger partial charge >= 0.3 is 0 Å². The van der Waals surface area contributed by atoms with E-state index in [9.17, 15) is 9.18 Å². The van der Waals surface area contributed by atoms with Crippen molar-refractivity contribution in [1.82, 2.24) is 30.3 Å². The van der Waals surface area contributed by atoms with Gasteiger partial charge < -0.3 is 10.1 Å². The number of carbonyl (C=O) groups excluding carboxylic acids is 1. The molecule has 158 valence electrons. The van der Waals surface area contributed by atoms with Crippen molar-refractivity contribution < 1.29 is 13.9 Å². The number of hydrogen-bond acceptors (Lipinski definition) is 7.